The van der Waals surface area contributed by atoms with Gasteiger partial charge in [0.05, 0.1) is 10.6 Å². The fourth-order valence-electron chi connectivity index (χ4n) is 1.15. The average Bonchev–Trinajstić information content (AvgIpc) is 2.17. The molecule has 2 N–H and O–H groups in total. The van der Waals surface area contributed by atoms with Crippen LogP contribution in [0.1, 0.15) is 24.2 Å². The number of halogens is 2. The Morgan fingerprint density at radius 1 is 1.53 bits per heavy atom. The fourth-order valence-corrected chi connectivity index (χ4v) is 1.39. The van der Waals surface area contributed by atoms with E-state index in [-0.39, 0.29) is 22.9 Å². The molecule has 0 unspecified atom stereocenters. The molecule has 1 aromatic rings. The van der Waals surface area contributed by atoms with E-state index in [1.807, 2.05) is 0 Å². The number of hydrogen-bond acceptors (Lipinski definition) is 2. The predicted molar refractivity (Wildman–Crippen MR) is 58.6 cm³/mol. The molecule has 0 aliphatic heterocycles. The van der Waals surface area contributed by atoms with Crippen molar-refractivity contribution in [3.8, 4) is 0 Å². The SMILES string of the molecule is CC(C)(CN)C(=O)c1c(F)cccc1Cl. The summed E-state index contributed by atoms with van der Waals surface area (Å²) in [6.45, 7) is 3.48. The largest absolute Gasteiger partial charge is 0.329 e. The average molecular weight is 230 g/mol. The monoisotopic (exact) mass is 229 g/mol. The first-order valence-electron chi connectivity index (χ1n) is 4.59. The Hall–Kier alpha value is -0.930. The highest BCUT2D eigenvalue weighted by Gasteiger charge is 2.30. The van der Waals surface area contributed by atoms with E-state index in [2.05, 4.69) is 0 Å². The van der Waals surface area contributed by atoms with Crippen LogP contribution in [-0.2, 0) is 0 Å². The second-order valence-electron chi connectivity index (χ2n) is 4.01. The lowest BCUT2D eigenvalue weighted by Gasteiger charge is -2.21. The number of carbonyl (C=O) groups is 1. The lowest BCUT2D eigenvalue weighted by molar-refractivity contribution is 0.0843. The molecular formula is C11H13ClFNO. The Kier molecular flexibility index (Phi) is 3.47. The maximum atomic E-state index is 13.4. The van der Waals surface area contributed by atoms with Crippen LogP contribution in [0.5, 0.6) is 0 Å². The Balaban J connectivity index is 3.23. The van der Waals surface area contributed by atoms with Crippen LogP contribution in [0.25, 0.3) is 0 Å². The molecule has 0 amide bonds. The van der Waals surface area contributed by atoms with Crippen LogP contribution < -0.4 is 5.73 Å². The highest BCUT2D eigenvalue weighted by molar-refractivity contribution is 6.34. The van der Waals surface area contributed by atoms with Crippen molar-refractivity contribution in [1.82, 2.24) is 0 Å². The fraction of sp³-hybridized carbons (Fsp3) is 0.364. The second kappa shape index (κ2) is 4.29. The summed E-state index contributed by atoms with van der Waals surface area (Å²) in [5, 5.41) is 0.126. The van der Waals surface area contributed by atoms with E-state index in [9.17, 15) is 9.18 Å². The Labute approximate surface area is 93.2 Å². The Bertz CT molecular complexity index is 370. The van der Waals surface area contributed by atoms with Crippen molar-refractivity contribution < 1.29 is 9.18 Å². The van der Waals surface area contributed by atoms with Gasteiger partial charge < -0.3 is 5.73 Å². The van der Waals surface area contributed by atoms with Gasteiger partial charge in [-0.15, -0.1) is 0 Å². The number of benzene rings is 1. The highest BCUT2D eigenvalue weighted by atomic mass is 35.5. The van der Waals surface area contributed by atoms with Gasteiger partial charge in [0.15, 0.2) is 5.78 Å². The quantitative estimate of drug-likeness (QED) is 0.810. The summed E-state index contributed by atoms with van der Waals surface area (Å²) >= 11 is 5.79. The van der Waals surface area contributed by atoms with Crippen molar-refractivity contribution >= 4 is 17.4 Å². The van der Waals surface area contributed by atoms with Crippen molar-refractivity contribution in [2.75, 3.05) is 6.54 Å². The van der Waals surface area contributed by atoms with Gasteiger partial charge in [-0.05, 0) is 12.1 Å². The van der Waals surface area contributed by atoms with Crippen molar-refractivity contribution in [1.29, 1.82) is 0 Å². The number of Topliss-reactive ketones (excluding diaryl/α,β-unsaturated/α-hetero) is 1. The Morgan fingerprint density at radius 3 is 2.60 bits per heavy atom. The minimum absolute atomic E-state index is 0.0744. The van der Waals surface area contributed by atoms with E-state index in [0.717, 1.165) is 0 Å². The van der Waals surface area contributed by atoms with E-state index in [1.165, 1.54) is 18.2 Å². The van der Waals surface area contributed by atoms with Crippen molar-refractivity contribution in [3.05, 3.63) is 34.6 Å². The molecule has 82 valence electrons. The number of ketones is 1. The molecule has 0 saturated carbocycles. The van der Waals surface area contributed by atoms with Crippen LogP contribution in [0.4, 0.5) is 4.39 Å². The Morgan fingerprint density at radius 2 is 2.13 bits per heavy atom. The minimum Gasteiger partial charge on any atom is -0.329 e. The van der Waals surface area contributed by atoms with Gasteiger partial charge in [-0.3, -0.25) is 4.79 Å². The van der Waals surface area contributed by atoms with E-state index < -0.39 is 11.2 Å². The maximum Gasteiger partial charge on any atom is 0.174 e. The zero-order valence-electron chi connectivity index (χ0n) is 8.68. The molecule has 4 heteroatoms. The number of rotatable bonds is 3. The molecule has 0 heterocycles. The summed E-state index contributed by atoms with van der Waals surface area (Å²) in [7, 11) is 0. The van der Waals surface area contributed by atoms with Crippen LogP contribution in [0, 0.1) is 11.2 Å². The van der Waals surface area contributed by atoms with Gasteiger partial charge in [0.1, 0.15) is 5.82 Å². The lowest BCUT2D eigenvalue weighted by Crippen LogP contribution is -2.33. The van der Waals surface area contributed by atoms with Crippen molar-refractivity contribution in [2.24, 2.45) is 11.1 Å². The van der Waals surface area contributed by atoms with Crippen molar-refractivity contribution in [3.63, 3.8) is 0 Å². The number of carbonyl (C=O) groups excluding carboxylic acids is 1. The van der Waals surface area contributed by atoms with Gasteiger partial charge in [-0.25, -0.2) is 4.39 Å². The van der Waals surface area contributed by atoms with Gasteiger partial charge >= 0.3 is 0 Å². The molecule has 0 fully saturated rings. The van der Waals surface area contributed by atoms with Crippen LogP contribution >= 0.6 is 11.6 Å². The molecule has 15 heavy (non-hydrogen) atoms. The van der Waals surface area contributed by atoms with Crippen LogP contribution in [0.15, 0.2) is 18.2 Å². The van der Waals surface area contributed by atoms with Gasteiger partial charge in [-0.2, -0.15) is 0 Å². The third-order valence-corrected chi connectivity index (χ3v) is 2.63. The number of nitrogens with two attached hydrogens (primary N) is 1. The first-order chi connectivity index (χ1) is 6.90. The predicted octanol–water partition coefficient (Wildman–Crippen LogP) is 2.65. The molecule has 0 bridgehead atoms. The molecule has 0 aliphatic carbocycles. The molecular weight excluding hydrogens is 217 g/mol. The van der Waals surface area contributed by atoms with E-state index in [0.29, 0.717) is 0 Å². The normalized spacial score (nSPS) is 11.5. The minimum atomic E-state index is -0.800. The first kappa shape index (κ1) is 12.1. The molecule has 0 aromatic heterocycles. The molecule has 1 rings (SSSR count). The summed E-state index contributed by atoms with van der Waals surface area (Å²) in [6, 6.07) is 4.17. The third kappa shape index (κ3) is 2.36. The molecule has 0 atom stereocenters. The van der Waals surface area contributed by atoms with Crippen LogP contribution in [0.2, 0.25) is 5.02 Å². The smallest absolute Gasteiger partial charge is 0.174 e. The molecule has 2 nitrogen and oxygen atoms in total. The molecule has 0 aliphatic rings. The standard InChI is InChI=1S/C11H13ClFNO/c1-11(2,6-14)10(15)9-7(12)4-3-5-8(9)13/h3-5H,6,14H2,1-2H3. The molecule has 0 spiro atoms. The lowest BCUT2D eigenvalue weighted by atomic mass is 9.84. The topological polar surface area (TPSA) is 43.1 Å². The summed E-state index contributed by atoms with van der Waals surface area (Å²) in [5.41, 5.74) is 4.58. The third-order valence-electron chi connectivity index (χ3n) is 2.31. The van der Waals surface area contributed by atoms with Gasteiger partial charge in [0.2, 0.25) is 0 Å². The molecule has 0 saturated heterocycles. The van der Waals surface area contributed by atoms with Crippen molar-refractivity contribution in [2.45, 2.75) is 13.8 Å². The zero-order valence-corrected chi connectivity index (χ0v) is 9.44. The highest BCUT2D eigenvalue weighted by Crippen LogP contribution is 2.27. The summed E-state index contributed by atoms with van der Waals surface area (Å²) < 4.78 is 13.4. The number of hydrogen-bond donors (Lipinski definition) is 1. The maximum absolute atomic E-state index is 13.4. The first-order valence-corrected chi connectivity index (χ1v) is 4.97. The zero-order chi connectivity index (χ0) is 11.6. The van der Waals surface area contributed by atoms with Gasteiger partial charge in [0, 0.05) is 12.0 Å². The van der Waals surface area contributed by atoms with E-state index in [4.69, 9.17) is 17.3 Å². The molecule has 1 aromatic carbocycles. The molecule has 0 radical (unpaired) electrons. The van der Waals surface area contributed by atoms with E-state index in [1.54, 1.807) is 13.8 Å². The summed E-state index contributed by atoms with van der Waals surface area (Å²) in [6.07, 6.45) is 0. The summed E-state index contributed by atoms with van der Waals surface area (Å²) in [4.78, 5) is 11.9. The van der Waals surface area contributed by atoms with Crippen LogP contribution in [-0.4, -0.2) is 12.3 Å². The summed E-state index contributed by atoms with van der Waals surface area (Å²) in [5.74, 6) is -0.970. The second-order valence-corrected chi connectivity index (χ2v) is 4.42. The van der Waals surface area contributed by atoms with Crippen LogP contribution in [0.3, 0.4) is 0 Å². The van der Waals surface area contributed by atoms with E-state index >= 15 is 0 Å². The van der Waals surface area contributed by atoms with Gasteiger partial charge in [-0.1, -0.05) is 31.5 Å². The van der Waals surface area contributed by atoms with Gasteiger partial charge in [0.25, 0.3) is 0 Å².